The first-order chi connectivity index (χ1) is 11.8. The number of sulfonamides is 1. The summed E-state index contributed by atoms with van der Waals surface area (Å²) >= 11 is 0. The second-order valence-electron chi connectivity index (χ2n) is 5.15. The molecule has 0 unspecified atom stereocenters. The second kappa shape index (κ2) is 7.80. The molecule has 132 valence electrons. The number of hydrogen-bond donors (Lipinski definition) is 1. The van der Waals surface area contributed by atoms with Gasteiger partial charge in [0.25, 0.3) is 0 Å². The molecule has 2 aromatic rings. The molecule has 0 spiro atoms. The van der Waals surface area contributed by atoms with E-state index in [-0.39, 0.29) is 5.56 Å². The predicted octanol–water partition coefficient (Wildman–Crippen LogP) is 2.11. The van der Waals surface area contributed by atoms with Crippen LogP contribution in [-0.2, 0) is 14.8 Å². The summed E-state index contributed by atoms with van der Waals surface area (Å²) in [6.07, 6.45) is 1.03. The van der Waals surface area contributed by atoms with Crippen molar-refractivity contribution in [1.29, 1.82) is 0 Å². The lowest BCUT2D eigenvalue weighted by Crippen LogP contribution is -2.15. The number of ketones is 1. The first-order valence-corrected chi connectivity index (χ1v) is 9.10. The number of Topliss-reactive ketones (excluding diaryl/α,β-unsaturated/α-hetero) is 1. The van der Waals surface area contributed by atoms with Crippen LogP contribution in [0, 0.1) is 0 Å². The molecule has 7 nitrogen and oxygen atoms in total. The van der Waals surface area contributed by atoms with Gasteiger partial charge in [0, 0.05) is 11.3 Å². The summed E-state index contributed by atoms with van der Waals surface area (Å²) in [5, 5.41) is 0. The third kappa shape index (κ3) is 5.32. The highest BCUT2D eigenvalue weighted by molar-refractivity contribution is 7.92. The number of ether oxygens (including phenoxy) is 2. The molecule has 0 bridgehead atoms. The molecule has 0 radical (unpaired) electrons. The minimum Gasteiger partial charge on any atom is -0.496 e. The van der Waals surface area contributed by atoms with Crippen LogP contribution in [0.5, 0.6) is 5.75 Å². The highest BCUT2D eigenvalue weighted by Crippen LogP contribution is 2.18. The van der Waals surface area contributed by atoms with E-state index in [4.69, 9.17) is 9.47 Å². The van der Waals surface area contributed by atoms with Crippen molar-refractivity contribution in [3.63, 3.8) is 0 Å². The quantitative estimate of drug-likeness (QED) is 0.597. The minimum atomic E-state index is -3.39. The van der Waals surface area contributed by atoms with Gasteiger partial charge in [-0.25, -0.2) is 13.2 Å². The van der Waals surface area contributed by atoms with Crippen molar-refractivity contribution in [1.82, 2.24) is 0 Å². The number of rotatable bonds is 7. The monoisotopic (exact) mass is 363 g/mol. The third-order valence-corrected chi connectivity index (χ3v) is 3.78. The maximum absolute atomic E-state index is 12.1. The number of para-hydroxylation sites is 1. The Morgan fingerprint density at radius 1 is 1.04 bits per heavy atom. The van der Waals surface area contributed by atoms with Gasteiger partial charge in [0.05, 0.1) is 13.4 Å². The summed E-state index contributed by atoms with van der Waals surface area (Å²) < 4.78 is 34.7. The van der Waals surface area contributed by atoms with Crippen molar-refractivity contribution in [2.24, 2.45) is 0 Å². The Balaban J connectivity index is 1.99. The smallest absolute Gasteiger partial charge is 0.342 e. The standard InChI is InChI=1S/C17H17NO6S/c1-23-16-6-4-3-5-14(16)17(20)24-11-15(19)12-7-9-13(10-8-12)18-25(2,21)22/h3-10,18H,11H2,1-2H3. The third-order valence-electron chi connectivity index (χ3n) is 3.17. The van der Waals surface area contributed by atoms with Crippen molar-refractivity contribution in [2.75, 3.05) is 24.7 Å². The molecule has 0 saturated heterocycles. The van der Waals surface area contributed by atoms with Gasteiger partial charge >= 0.3 is 5.97 Å². The Morgan fingerprint density at radius 3 is 2.28 bits per heavy atom. The van der Waals surface area contributed by atoms with Crippen molar-refractivity contribution in [2.45, 2.75) is 0 Å². The molecular weight excluding hydrogens is 346 g/mol. The molecular formula is C17H17NO6S. The lowest BCUT2D eigenvalue weighted by atomic mass is 10.1. The van der Waals surface area contributed by atoms with E-state index in [1.807, 2.05) is 0 Å². The number of nitrogens with one attached hydrogen (secondary N) is 1. The van der Waals surface area contributed by atoms with E-state index in [1.54, 1.807) is 18.2 Å². The summed E-state index contributed by atoms with van der Waals surface area (Å²) in [4.78, 5) is 24.1. The second-order valence-corrected chi connectivity index (χ2v) is 6.90. The van der Waals surface area contributed by atoms with E-state index in [0.717, 1.165) is 6.26 Å². The molecule has 8 heteroatoms. The van der Waals surface area contributed by atoms with Gasteiger partial charge in [-0.05, 0) is 36.4 Å². The highest BCUT2D eigenvalue weighted by Gasteiger charge is 2.15. The molecule has 0 aliphatic rings. The summed E-state index contributed by atoms with van der Waals surface area (Å²) in [6, 6.07) is 12.3. The number of benzene rings is 2. The van der Waals surface area contributed by atoms with E-state index in [9.17, 15) is 18.0 Å². The van der Waals surface area contributed by atoms with Gasteiger partial charge in [-0.1, -0.05) is 12.1 Å². The summed E-state index contributed by atoms with van der Waals surface area (Å²) in [5.41, 5.74) is 0.863. The topological polar surface area (TPSA) is 98.8 Å². The fourth-order valence-electron chi connectivity index (χ4n) is 2.04. The predicted molar refractivity (Wildman–Crippen MR) is 92.5 cm³/mol. The van der Waals surface area contributed by atoms with Crippen LogP contribution in [0.1, 0.15) is 20.7 Å². The van der Waals surface area contributed by atoms with Gasteiger partial charge in [0.2, 0.25) is 10.0 Å². The van der Waals surface area contributed by atoms with Crippen LogP contribution in [0.2, 0.25) is 0 Å². The van der Waals surface area contributed by atoms with Crippen LogP contribution in [0.3, 0.4) is 0 Å². The van der Waals surface area contributed by atoms with Crippen molar-refractivity contribution in [3.8, 4) is 5.75 Å². The molecule has 0 atom stereocenters. The Labute approximate surface area is 145 Å². The fraction of sp³-hybridized carbons (Fsp3) is 0.176. The van der Waals surface area contributed by atoms with Crippen LogP contribution in [0.15, 0.2) is 48.5 Å². The van der Waals surface area contributed by atoms with E-state index < -0.39 is 28.4 Å². The Bertz CT molecular complexity index is 874. The van der Waals surface area contributed by atoms with Crippen LogP contribution in [0.4, 0.5) is 5.69 Å². The normalized spacial score (nSPS) is 10.8. The molecule has 25 heavy (non-hydrogen) atoms. The SMILES string of the molecule is COc1ccccc1C(=O)OCC(=O)c1ccc(NS(C)(=O)=O)cc1. The summed E-state index contributed by atoms with van der Waals surface area (Å²) in [7, 11) is -1.95. The molecule has 0 aromatic heterocycles. The molecule has 0 amide bonds. The zero-order valence-electron chi connectivity index (χ0n) is 13.7. The van der Waals surface area contributed by atoms with Crippen LogP contribution >= 0.6 is 0 Å². The Morgan fingerprint density at radius 2 is 1.68 bits per heavy atom. The molecule has 1 N–H and O–H groups in total. The van der Waals surface area contributed by atoms with Crippen LogP contribution in [-0.4, -0.2) is 40.1 Å². The number of hydrogen-bond acceptors (Lipinski definition) is 6. The number of carbonyl (C=O) groups is 2. The maximum Gasteiger partial charge on any atom is 0.342 e. The number of anilines is 1. The van der Waals surface area contributed by atoms with Crippen molar-refractivity contribution >= 4 is 27.5 Å². The zero-order valence-corrected chi connectivity index (χ0v) is 14.5. The van der Waals surface area contributed by atoms with Gasteiger partial charge in [-0.3, -0.25) is 9.52 Å². The number of carbonyl (C=O) groups excluding carboxylic acids is 2. The molecule has 0 aliphatic carbocycles. The minimum absolute atomic E-state index is 0.227. The van der Waals surface area contributed by atoms with Crippen molar-refractivity contribution in [3.05, 3.63) is 59.7 Å². The van der Waals surface area contributed by atoms with E-state index in [2.05, 4.69) is 4.72 Å². The van der Waals surface area contributed by atoms with Crippen molar-refractivity contribution < 1.29 is 27.5 Å². The van der Waals surface area contributed by atoms with Gasteiger partial charge in [-0.2, -0.15) is 0 Å². The van der Waals surface area contributed by atoms with Crippen LogP contribution in [0.25, 0.3) is 0 Å². The largest absolute Gasteiger partial charge is 0.496 e. The zero-order chi connectivity index (χ0) is 18.4. The Kier molecular flexibility index (Phi) is 5.76. The van der Waals surface area contributed by atoms with E-state index >= 15 is 0 Å². The average Bonchev–Trinajstić information content (AvgIpc) is 2.58. The summed E-state index contributed by atoms with van der Waals surface area (Å²) in [5.74, 6) is -0.716. The fourth-order valence-corrected chi connectivity index (χ4v) is 2.61. The first-order valence-electron chi connectivity index (χ1n) is 7.21. The molecule has 0 heterocycles. The van der Waals surface area contributed by atoms with Gasteiger partial charge < -0.3 is 9.47 Å². The lowest BCUT2D eigenvalue weighted by Gasteiger charge is -2.08. The molecule has 2 aromatic carbocycles. The lowest BCUT2D eigenvalue weighted by molar-refractivity contribution is 0.0471. The Hall–Kier alpha value is -2.87. The molecule has 0 saturated carbocycles. The number of esters is 1. The highest BCUT2D eigenvalue weighted by atomic mass is 32.2. The molecule has 0 aliphatic heterocycles. The van der Waals surface area contributed by atoms with Gasteiger partial charge in [-0.15, -0.1) is 0 Å². The first kappa shape index (κ1) is 18.5. The van der Waals surface area contributed by atoms with E-state index in [0.29, 0.717) is 17.0 Å². The van der Waals surface area contributed by atoms with Gasteiger partial charge in [0.15, 0.2) is 12.4 Å². The van der Waals surface area contributed by atoms with Gasteiger partial charge in [0.1, 0.15) is 11.3 Å². The summed E-state index contributed by atoms with van der Waals surface area (Å²) in [6.45, 7) is -0.435. The average molecular weight is 363 g/mol. The van der Waals surface area contributed by atoms with Crippen LogP contribution < -0.4 is 9.46 Å². The number of methoxy groups -OCH3 is 1. The molecule has 2 rings (SSSR count). The van der Waals surface area contributed by atoms with E-state index in [1.165, 1.54) is 37.4 Å². The maximum atomic E-state index is 12.1. The molecule has 0 fully saturated rings.